The third kappa shape index (κ3) is 7.19. The summed E-state index contributed by atoms with van der Waals surface area (Å²) in [6, 6.07) is 11.0. The third-order valence-corrected chi connectivity index (χ3v) is 5.19. The summed E-state index contributed by atoms with van der Waals surface area (Å²) in [4.78, 5) is 26.9. The van der Waals surface area contributed by atoms with Crippen molar-refractivity contribution in [1.82, 2.24) is 19.9 Å². The second-order valence-electron chi connectivity index (χ2n) is 7.58. The predicted molar refractivity (Wildman–Crippen MR) is 127 cm³/mol. The van der Waals surface area contributed by atoms with Gasteiger partial charge in [0, 0.05) is 43.1 Å². The number of ether oxygens (including phenoxy) is 2. The van der Waals surface area contributed by atoms with E-state index in [0.29, 0.717) is 24.2 Å². The molecule has 186 valence electrons. The minimum absolute atomic E-state index is 0.0775. The van der Waals surface area contributed by atoms with Crippen molar-refractivity contribution in [3.63, 3.8) is 0 Å². The lowest BCUT2D eigenvalue weighted by molar-refractivity contribution is -0.0999. The number of hydrogen-bond donors (Lipinski definition) is 2. The molecule has 0 amide bonds. The third-order valence-electron chi connectivity index (χ3n) is 4.86. The van der Waals surface area contributed by atoms with Gasteiger partial charge in [-0.1, -0.05) is 23.7 Å². The van der Waals surface area contributed by atoms with Gasteiger partial charge in [-0.3, -0.25) is 15.1 Å². The van der Waals surface area contributed by atoms with Crippen molar-refractivity contribution in [1.29, 1.82) is 0 Å². The maximum absolute atomic E-state index is 12.6. The van der Waals surface area contributed by atoms with Crippen molar-refractivity contribution in [3.05, 3.63) is 99.4 Å². The standard InChI is InChI=1S/C24H19ClF3N5O3/c25-20-6-5-19(10-21(20)33-24(26,27)28)36-18-3-1-15(2-4-18)7-8-35-23-31-13-17(22(34)32-23)9-16-11-29-14-30-12-16/h1-6,10-14,33H,7-9H2,(H,31,32,34). The lowest BCUT2D eigenvalue weighted by Crippen LogP contribution is -2.20. The number of H-pyrrole nitrogens is 1. The topological polar surface area (TPSA) is 102 Å². The minimum atomic E-state index is -4.62. The van der Waals surface area contributed by atoms with Crippen LogP contribution in [0.3, 0.4) is 0 Å². The van der Waals surface area contributed by atoms with Crippen LogP contribution in [0.1, 0.15) is 16.7 Å². The van der Waals surface area contributed by atoms with E-state index in [1.807, 2.05) is 0 Å². The molecule has 0 aliphatic carbocycles. The number of rotatable bonds is 9. The zero-order chi connectivity index (χ0) is 25.5. The van der Waals surface area contributed by atoms with Crippen molar-refractivity contribution < 1.29 is 22.6 Å². The molecule has 2 heterocycles. The van der Waals surface area contributed by atoms with Gasteiger partial charge in [0.05, 0.1) is 17.3 Å². The number of anilines is 1. The van der Waals surface area contributed by atoms with Gasteiger partial charge in [-0.05, 0) is 35.4 Å². The first-order chi connectivity index (χ1) is 17.2. The molecule has 0 saturated heterocycles. The summed E-state index contributed by atoms with van der Waals surface area (Å²) >= 11 is 5.81. The van der Waals surface area contributed by atoms with E-state index >= 15 is 0 Å². The molecule has 0 fully saturated rings. The van der Waals surface area contributed by atoms with Gasteiger partial charge in [0.15, 0.2) is 0 Å². The van der Waals surface area contributed by atoms with Crippen LogP contribution in [0.25, 0.3) is 0 Å². The van der Waals surface area contributed by atoms with Gasteiger partial charge in [-0.2, -0.15) is 13.2 Å². The summed E-state index contributed by atoms with van der Waals surface area (Å²) in [5.74, 6) is 0.630. The maximum atomic E-state index is 12.6. The van der Waals surface area contributed by atoms with Crippen LogP contribution in [0.4, 0.5) is 18.9 Å². The first-order valence-corrected chi connectivity index (χ1v) is 11.0. The molecule has 0 radical (unpaired) electrons. The molecule has 4 rings (SSSR count). The highest BCUT2D eigenvalue weighted by atomic mass is 35.5. The van der Waals surface area contributed by atoms with Crippen LogP contribution in [-0.4, -0.2) is 32.8 Å². The van der Waals surface area contributed by atoms with Gasteiger partial charge in [-0.25, -0.2) is 15.0 Å². The smallest absolute Gasteiger partial charge is 0.464 e. The van der Waals surface area contributed by atoms with E-state index in [1.54, 1.807) is 36.7 Å². The van der Waals surface area contributed by atoms with Crippen LogP contribution in [-0.2, 0) is 12.8 Å². The van der Waals surface area contributed by atoms with Crippen molar-refractivity contribution >= 4 is 17.3 Å². The molecule has 0 spiro atoms. The van der Waals surface area contributed by atoms with E-state index in [1.165, 1.54) is 36.0 Å². The summed E-state index contributed by atoms with van der Waals surface area (Å²) < 4.78 is 49.0. The molecular formula is C24H19ClF3N5O3. The number of benzene rings is 2. The second-order valence-corrected chi connectivity index (χ2v) is 7.98. The predicted octanol–water partition coefficient (Wildman–Crippen LogP) is 5.15. The van der Waals surface area contributed by atoms with E-state index in [2.05, 4.69) is 19.9 Å². The molecule has 0 bridgehead atoms. The van der Waals surface area contributed by atoms with Crippen LogP contribution in [0.2, 0.25) is 5.02 Å². The Hall–Kier alpha value is -4.12. The Morgan fingerprint density at radius 1 is 0.972 bits per heavy atom. The maximum Gasteiger partial charge on any atom is 0.482 e. The highest BCUT2D eigenvalue weighted by Gasteiger charge is 2.28. The molecule has 2 aromatic carbocycles. The van der Waals surface area contributed by atoms with Gasteiger partial charge in [-0.15, -0.1) is 0 Å². The Balaban J connectivity index is 1.29. The summed E-state index contributed by atoms with van der Waals surface area (Å²) in [6.07, 6.45) is 2.39. The summed E-state index contributed by atoms with van der Waals surface area (Å²) in [7, 11) is 0. The molecular weight excluding hydrogens is 499 g/mol. The largest absolute Gasteiger partial charge is 0.482 e. The Morgan fingerprint density at radius 2 is 1.69 bits per heavy atom. The van der Waals surface area contributed by atoms with Gasteiger partial charge in [0.25, 0.3) is 11.6 Å². The first-order valence-electron chi connectivity index (χ1n) is 10.6. The zero-order valence-electron chi connectivity index (χ0n) is 18.6. The number of aromatic amines is 1. The quantitative estimate of drug-likeness (QED) is 0.296. The van der Waals surface area contributed by atoms with Crippen LogP contribution >= 0.6 is 11.6 Å². The molecule has 0 unspecified atom stereocenters. The van der Waals surface area contributed by atoms with E-state index in [4.69, 9.17) is 21.1 Å². The minimum Gasteiger partial charge on any atom is -0.464 e. The van der Waals surface area contributed by atoms with E-state index < -0.39 is 6.30 Å². The summed E-state index contributed by atoms with van der Waals surface area (Å²) in [5, 5.41) is 1.30. The number of aromatic nitrogens is 4. The van der Waals surface area contributed by atoms with E-state index in [0.717, 1.165) is 11.1 Å². The van der Waals surface area contributed by atoms with Crippen LogP contribution in [0.15, 0.2) is 72.2 Å². The number of nitrogens with one attached hydrogen (secondary N) is 2. The molecule has 8 nitrogen and oxygen atoms in total. The Bertz CT molecular complexity index is 1370. The zero-order valence-corrected chi connectivity index (χ0v) is 19.3. The highest BCUT2D eigenvalue weighted by Crippen LogP contribution is 2.32. The molecule has 0 aliphatic rings. The van der Waals surface area contributed by atoms with Crippen molar-refractivity contribution in [3.8, 4) is 17.5 Å². The Kier molecular flexibility index (Phi) is 7.69. The van der Waals surface area contributed by atoms with Crippen molar-refractivity contribution in [2.45, 2.75) is 19.1 Å². The molecule has 4 aromatic rings. The number of alkyl halides is 3. The highest BCUT2D eigenvalue weighted by molar-refractivity contribution is 6.33. The fraction of sp³-hybridized carbons (Fsp3) is 0.167. The van der Waals surface area contributed by atoms with Crippen LogP contribution < -0.4 is 20.3 Å². The molecule has 0 aliphatic heterocycles. The Morgan fingerprint density at radius 3 is 2.39 bits per heavy atom. The fourth-order valence-electron chi connectivity index (χ4n) is 3.19. The number of nitrogens with zero attached hydrogens (tertiary/aromatic N) is 3. The SMILES string of the molecule is O=c1[nH]c(OCCc2ccc(Oc3ccc(Cl)c(NC(F)(F)F)c3)cc2)ncc1Cc1cncnc1. The fourth-order valence-corrected chi connectivity index (χ4v) is 3.35. The summed E-state index contributed by atoms with van der Waals surface area (Å²) in [5.41, 5.74) is 1.57. The number of halogens is 4. The van der Waals surface area contributed by atoms with Crippen LogP contribution in [0.5, 0.6) is 17.5 Å². The lowest BCUT2D eigenvalue weighted by Gasteiger charge is -2.13. The van der Waals surface area contributed by atoms with Crippen molar-refractivity contribution in [2.75, 3.05) is 11.9 Å². The van der Waals surface area contributed by atoms with E-state index in [-0.39, 0.29) is 34.6 Å². The van der Waals surface area contributed by atoms with E-state index in [9.17, 15) is 18.0 Å². The molecule has 0 saturated carbocycles. The molecule has 0 atom stereocenters. The average molecular weight is 518 g/mol. The number of hydrogen-bond acceptors (Lipinski definition) is 7. The Labute approximate surface area is 208 Å². The van der Waals surface area contributed by atoms with Gasteiger partial charge < -0.3 is 9.47 Å². The normalized spacial score (nSPS) is 11.2. The van der Waals surface area contributed by atoms with Crippen molar-refractivity contribution in [2.24, 2.45) is 0 Å². The van der Waals surface area contributed by atoms with Gasteiger partial charge >= 0.3 is 6.30 Å². The summed E-state index contributed by atoms with van der Waals surface area (Å²) in [6.45, 7) is 0.263. The average Bonchev–Trinajstić information content (AvgIpc) is 2.84. The van der Waals surface area contributed by atoms with Gasteiger partial charge in [0.1, 0.15) is 17.8 Å². The second kappa shape index (κ2) is 11.1. The first kappa shape index (κ1) is 25.0. The molecule has 36 heavy (non-hydrogen) atoms. The molecule has 2 aromatic heterocycles. The van der Waals surface area contributed by atoms with Crippen LogP contribution in [0, 0.1) is 0 Å². The van der Waals surface area contributed by atoms with Gasteiger partial charge in [0.2, 0.25) is 0 Å². The molecule has 2 N–H and O–H groups in total. The molecule has 12 heteroatoms. The monoisotopic (exact) mass is 517 g/mol. The lowest BCUT2D eigenvalue weighted by atomic mass is 10.1.